The molecule has 0 amide bonds. The lowest BCUT2D eigenvalue weighted by Crippen LogP contribution is -2.21. The van der Waals surface area contributed by atoms with Crippen molar-refractivity contribution in [1.29, 1.82) is 10.5 Å². The standard InChI is InChI=1S/C22H12N2O2/c1-13-5-7-15(8-6-13)26-19-10-9-17-20(14(11-23)12-24)22(25)18-4-2-3-16(19)21(17)18/h2-10H,1H3. The monoisotopic (exact) mass is 336 g/mol. The highest BCUT2D eigenvalue weighted by Gasteiger charge is 2.16. The van der Waals surface area contributed by atoms with E-state index in [1.165, 1.54) is 0 Å². The molecule has 0 aliphatic heterocycles. The zero-order chi connectivity index (χ0) is 18.3. The molecular weight excluding hydrogens is 324 g/mol. The SMILES string of the molecule is Cc1ccc(Oc2ccc3c(=C(C#N)C#N)c(=O)c4cccc2c43)cc1. The van der Waals surface area contributed by atoms with Crippen molar-refractivity contribution in [2.75, 3.05) is 0 Å². The average Bonchev–Trinajstić information content (AvgIpc) is 2.95. The molecule has 0 heterocycles. The van der Waals surface area contributed by atoms with Gasteiger partial charge < -0.3 is 4.74 Å². The van der Waals surface area contributed by atoms with Crippen molar-refractivity contribution in [3.05, 3.63) is 75.6 Å². The molecule has 0 aromatic heterocycles. The second-order valence-corrected chi connectivity index (χ2v) is 6.06. The molecule has 0 spiro atoms. The van der Waals surface area contributed by atoms with E-state index in [0.29, 0.717) is 22.3 Å². The highest BCUT2D eigenvalue weighted by molar-refractivity contribution is 6.14. The van der Waals surface area contributed by atoms with Crippen molar-refractivity contribution in [1.82, 2.24) is 0 Å². The van der Waals surface area contributed by atoms with Crippen LogP contribution in [0.15, 0.2) is 59.4 Å². The highest BCUT2D eigenvalue weighted by Crippen LogP contribution is 2.34. The van der Waals surface area contributed by atoms with Crippen molar-refractivity contribution >= 4 is 27.1 Å². The molecule has 122 valence electrons. The minimum absolute atomic E-state index is 0.167. The molecule has 0 saturated heterocycles. The summed E-state index contributed by atoms with van der Waals surface area (Å²) < 4.78 is 6.01. The first kappa shape index (κ1) is 15.6. The van der Waals surface area contributed by atoms with Gasteiger partial charge in [0.2, 0.25) is 0 Å². The Morgan fingerprint density at radius 1 is 0.885 bits per heavy atom. The van der Waals surface area contributed by atoms with Crippen LogP contribution >= 0.6 is 0 Å². The molecule has 0 N–H and O–H groups in total. The lowest BCUT2D eigenvalue weighted by molar-refractivity contribution is 0.488. The third-order valence-electron chi connectivity index (χ3n) is 4.46. The molecule has 4 nitrogen and oxygen atoms in total. The number of benzene rings is 3. The normalized spacial score (nSPS) is 10.6. The lowest BCUT2D eigenvalue weighted by atomic mass is 10.1. The van der Waals surface area contributed by atoms with E-state index in [4.69, 9.17) is 4.74 Å². The zero-order valence-corrected chi connectivity index (χ0v) is 13.9. The van der Waals surface area contributed by atoms with Crippen molar-refractivity contribution < 1.29 is 4.74 Å². The van der Waals surface area contributed by atoms with Crippen LogP contribution < -0.4 is 15.4 Å². The van der Waals surface area contributed by atoms with Gasteiger partial charge in [0, 0.05) is 16.2 Å². The summed E-state index contributed by atoms with van der Waals surface area (Å²) in [7, 11) is 0. The van der Waals surface area contributed by atoms with Gasteiger partial charge in [0.05, 0.1) is 5.22 Å². The van der Waals surface area contributed by atoms with Crippen LogP contribution in [0.3, 0.4) is 0 Å². The molecule has 0 radical (unpaired) electrons. The quantitative estimate of drug-likeness (QED) is 0.558. The Kier molecular flexibility index (Phi) is 3.53. The first-order chi connectivity index (χ1) is 12.6. The second kappa shape index (κ2) is 5.88. The fraction of sp³-hybridized carbons (Fsp3) is 0.0455. The number of rotatable bonds is 2. The summed E-state index contributed by atoms with van der Waals surface area (Å²) in [6, 6.07) is 20.2. The van der Waals surface area contributed by atoms with Gasteiger partial charge in [-0.15, -0.1) is 0 Å². The number of aryl methyl sites for hydroxylation is 1. The van der Waals surface area contributed by atoms with Crippen LogP contribution in [0.25, 0.3) is 27.1 Å². The van der Waals surface area contributed by atoms with E-state index in [-0.39, 0.29) is 16.2 Å². The van der Waals surface area contributed by atoms with E-state index < -0.39 is 0 Å². The summed E-state index contributed by atoms with van der Waals surface area (Å²) in [5.41, 5.74) is 0.676. The topological polar surface area (TPSA) is 73.9 Å². The minimum Gasteiger partial charge on any atom is -0.457 e. The molecule has 4 heteroatoms. The van der Waals surface area contributed by atoms with Gasteiger partial charge in [0.25, 0.3) is 0 Å². The zero-order valence-electron chi connectivity index (χ0n) is 13.9. The van der Waals surface area contributed by atoms with Crippen molar-refractivity contribution in [3.63, 3.8) is 0 Å². The Balaban J connectivity index is 2.04. The lowest BCUT2D eigenvalue weighted by Gasteiger charge is -2.09. The predicted molar refractivity (Wildman–Crippen MR) is 100 cm³/mol. The van der Waals surface area contributed by atoms with Gasteiger partial charge in [-0.25, -0.2) is 0 Å². The first-order valence-electron chi connectivity index (χ1n) is 8.04. The molecule has 0 aliphatic carbocycles. The number of nitrogens with zero attached hydrogens (tertiary/aromatic N) is 2. The second-order valence-electron chi connectivity index (χ2n) is 6.06. The van der Waals surface area contributed by atoms with Gasteiger partial charge in [-0.3, -0.25) is 4.79 Å². The maximum Gasteiger partial charge on any atom is 0.196 e. The molecule has 0 fully saturated rings. The smallest absolute Gasteiger partial charge is 0.196 e. The molecule has 26 heavy (non-hydrogen) atoms. The molecule has 0 bridgehead atoms. The van der Waals surface area contributed by atoms with Crippen LogP contribution in [0.4, 0.5) is 0 Å². The van der Waals surface area contributed by atoms with E-state index in [1.54, 1.807) is 24.3 Å². The molecule has 4 rings (SSSR count). The molecule has 0 atom stereocenters. The van der Waals surface area contributed by atoms with Crippen molar-refractivity contribution in [3.8, 4) is 23.6 Å². The van der Waals surface area contributed by atoms with Crippen LogP contribution in [-0.2, 0) is 0 Å². The Bertz CT molecular complexity index is 1320. The van der Waals surface area contributed by atoms with Crippen molar-refractivity contribution in [2.24, 2.45) is 0 Å². The summed E-state index contributed by atoms with van der Waals surface area (Å²) in [4.78, 5) is 12.7. The fourth-order valence-corrected chi connectivity index (χ4v) is 3.24. The highest BCUT2D eigenvalue weighted by atomic mass is 16.5. The Morgan fingerprint density at radius 3 is 2.27 bits per heavy atom. The molecular formula is C22H12N2O2. The maximum atomic E-state index is 12.7. The van der Waals surface area contributed by atoms with Gasteiger partial charge in [0.1, 0.15) is 29.2 Å². The third-order valence-corrected chi connectivity index (χ3v) is 4.46. The van der Waals surface area contributed by atoms with Crippen LogP contribution in [0, 0.1) is 29.6 Å². The summed E-state index contributed by atoms with van der Waals surface area (Å²) in [6.45, 7) is 2.00. The van der Waals surface area contributed by atoms with Crippen molar-refractivity contribution in [2.45, 2.75) is 6.92 Å². The molecule has 4 aromatic rings. The summed E-state index contributed by atoms with van der Waals surface area (Å²) in [6.07, 6.45) is 0. The Labute approximate surface area is 149 Å². The number of nitriles is 2. The van der Waals surface area contributed by atoms with Crippen LogP contribution in [0.2, 0.25) is 0 Å². The van der Waals surface area contributed by atoms with Gasteiger partial charge in [0.15, 0.2) is 5.43 Å². The van der Waals surface area contributed by atoms with E-state index in [9.17, 15) is 15.3 Å². The first-order valence-corrected chi connectivity index (χ1v) is 8.04. The summed E-state index contributed by atoms with van der Waals surface area (Å²) >= 11 is 0. The number of hydrogen-bond donors (Lipinski definition) is 0. The van der Waals surface area contributed by atoms with Crippen LogP contribution in [-0.4, -0.2) is 0 Å². The minimum atomic E-state index is -0.295. The number of ether oxygens (including phenoxy) is 1. The molecule has 0 aliphatic rings. The molecule has 0 saturated carbocycles. The molecule has 0 unspecified atom stereocenters. The van der Waals surface area contributed by atoms with Crippen LogP contribution in [0.5, 0.6) is 11.5 Å². The summed E-state index contributed by atoms with van der Waals surface area (Å²) in [5.74, 6) is 1.32. The Hall–Kier alpha value is -3.89. The third kappa shape index (κ3) is 2.25. The number of hydrogen-bond acceptors (Lipinski definition) is 4. The van der Waals surface area contributed by atoms with Gasteiger partial charge in [-0.2, -0.15) is 10.5 Å². The molecule has 4 aromatic carbocycles. The van der Waals surface area contributed by atoms with E-state index in [0.717, 1.165) is 16.3 Å². The van der Waals surface area contributed by atoms with Gasteiger partial charge >= 0.3 is 0 Å². The fourth-order valence-electron chi connectivity index (χ4n) is 3.24. The summed E-state index contributed by atoms with van der Waals surface area (Å²) in [5, 5.41) is 21.2. The van der Waals surface area contributed by atoms with E-state index in [2.05, 4.69) is 0 Å². The predicted octanol–water partition coefficient (Wildman–Crippen LogP) is 3.81. The average molecular weight is 336 g/mol. The van der Waals surface area contributed by atoms with Gasteiger partial charge in [-0.05, 0) is 36.6 Å². The maximum absolute atomic E-state index is 12.7. The van der Waals surface area contributed by atoms with E-state index in [1.807, 2.05) is 49.4 Å². The van der Waals surface area contributed by atoms with Crippen LogP contribution in [0.1, 0.15) is 5.56 Å². The van der Waals surface area contributed by atoms with Gasteiger partial charge in [-0.1, -0.05) is 35.9 Å². The van der Waals surface area contributed by atoms with E-state index >= 15 is 0 Å². The Morgan fingerprint density at radius 2 is 1.58 bits per heavy atom. The largest absolute Gasteiger partial charge is 0.457 e.